The Labute approximate surface area is 126 Å². The number of nitrogens with zero attached hydrogens (tertiary/aromatic N) is 3. The average Bonchev–Trinajstić information content (AvgIpc) is 2.91. The standard InChI is InChI=1S/C17H12N3O2/c1-19-14-15(20(18-19)11-7-3-2-4-8-11)17(22)13-10-6-5-9-12(13)16(14)21/h2-10H,1H3/q+1. The Morgan fingerprint density at radius 2 is 1.45 bits per heavy atom. The maximum Gasteiger partial charge on any atom is 0.256 e. The van der Waals surface area contributed by atoms with Crippen molar-refractivity contribution in [1.29, 1.82) is 0 Å². The summed E-state index contributed by atoms with van der Waals surface area (Å²) >= 11 is 0. The molecule has 22 heavy (non-hydrogen) atoms. The van der Waals surface area contributed by atoms with Crippen molar-refractivity contribution in [2.75, 3.05) is 0 Å². The lowest BCUT2D eigenvalue weighted by Gasteiger charge is -2.10. The molecule has 0 saturated heterocycles. The summed E-state index contributed by atoms with van der Waals surface area (Å²) in [6.45, 7) is 0. The Morgan fingerprint density at radius 1 is 0.864 bits per heavy atom. The predicted octanol–water partition coefficient (Wildman–Crippen LogP) is 1.47. The minimum atomic E-state index is -0.179. The summed E-state index contributed by atoms with van der Waals surface area (Å²) in [5, 5.41) is 4.34. The van der Waals surface area contributed by atoms with Gasteiger partial charge in [-0.15, -0.1) is 4.68 Å². The molecule has 0 N–H and O–H groups in total. The summed E-state index contributed by atoms with van der Waals surface area (Å²) in [4.78, 5) is 25.5. The topological polar surface area (TPSA) is 55.8 Å². The van der Waals surface area contributed by atoms with E-state index in [-0.39, 0.29) is 11.6 Å². The second-order valence-corrected chi connectivity index (χ2v) is 5.16. The van der Waals surface area contributed by atoms with Gasteiger partial charge in [-0.05, 0) is 12.1 Å². The van der Waals surface area contributed by atoms with Crippen LogP contribution in [-0.2, 0) is 7.05 Å². The molecule has 1 aliphatic carbocycles. The molecule has 4 rings (SSSR count). The second-order valence-electron chi connectivity index (χ2n) is 5.16. The van der Waals surface area contributed by atoms with Crippen LogP contribution in [0.4, 0.5) is 0 Å². The van der Waals surface area contributed by atoms with E-state index >= 15 is 0 Å². The second kappa shape index (κ2) is 4.46. The lowest BCUT2D eigenvalue weighted by molar-refractivity contribution is -0.733. The fourth-order valence-corrected chi connectivity index (χ4v) is 2.82. The summed E-state index contributed by atoms with van der Waals surface area (Å²) in [5.74, 6) is -0.350. The van der Waals surface area contributed by atoms with Crippen molar-refractivity contribution >= 4 is 11.6 Å². The fourth-order valence-electron chi connectivity index (χ4n) is 2.82. The zero-order valence-electron chi connectivity index (χ0n) is 11.9. The van der Waals surface area contributed by atoms with Crippen LogP contribution in [0.3, 0.4) is 0 Å². The molecule has 0 fully saturated rings. The van der Waals surface area contributed by atoms with Gasteiger partial charge in [-0.1, -0.05) is 47.1 Å². The highest BCUT2D eigenvalue weighted by molar-refractivity contribution is 6.26. The van der Waals surface area contributed by atoms with Gasteiger partial charge in [0.25, 0.3) is 5.69 Å². The lowest BCUT2D eigenvalue weighted by atomic mass is 9.90. The third-order valence-electron chi connectivity index (χ3n) is 3.83. The van der Waals surface area contributed by atoms with E-state index in [1.54, 1.807) is 31.3 Å². The van der Waals surface area contributed by atoms with Crippen molar-refractivity contribution < 1.29 is 14.3 Å². The number of hydrogen-bond acceptors (Lipinski definition) is 3. The van der Waals surface area contributed by atoms with E-state index in [1.165, 1.54) is 9.36 Å². The van der Waals surface area contributed by atoms with Crippen LogP contribution in [0.2, 0.25) is 0 Å². The molecule has 5 nitrogen and oxygen atoms in total. The molecule has 0 spiro atoms. The van der Waals surface area contributed by atoms with E-state index in [0.717, 1.165) is 5.69 Å². The largest absolute Gasteiger partial charge is 0.284 e. The summed E-state index contributed by atoms with van der Waals surface area (Å²) in [7, 11) is 1.68. The SMILES string of the molecule is C[n+]1nn(-c2ccccc2)c2c1C(=O)c1ccccc1C2=O. The molecule has 1 aromatic heterocycles. The number of aryl methyl sites for hydroxylation is 1. The fraction of sp³-hybridized carbons (Fsp3) is 0.0588. The Bertz CT molecular complexity index is 926. The van der Waals surface area contributed by atoms with Crippen LogP contribution in [0.5, 0.6) is 0 Å². The van der Waals surface area contributed by atoms with Crippen molar-refractivity contribution in [2.45, 2.75) is 0 Å². The van der Waals surface area contributed by atoms with Crippen molar-refractivity contribution in [3.05, 3.63) is 77.1 Å². The highest BCUT2D eigenvalue weighted by Gasteiger charge is 2.42. The van der Waals surface area contributed by atoms with E-state index in [0.29, 0.717) is 22.5 Å². The summed E-state index contributed by atoms with van der Waals surface area (Å²) < 4.78 is 3.00. The van der Waals surface area contributed by atoms with Gasteiger partial charge < -0.3 is 0 Å². The van der Waals surface area contributed by atoms with Crippen molar-refractivity contribution in [1.82, 2.24) is 9.90 Å². The van der Waals surface area contributed by atoms with Crippen molar-refractivity contribution in [3.8, 4) is 5.69 Å². The molecule has 0 bridgehead atoms. The third-order valence-corrected chi connectivity index (χ3v) is 3.83. The van der Waals surface area contributed by atoms with Gasteiger partial charge in [-0.3, -0.25) is 9.59 Å². The zero-order valence-corrected chi connectivity index (χ0v) is 11.9. The quantitative estimate of drug-likeness (QED) is 0.499. The number of carbonyl (C=O) groups excluding carboxylic acids is 2. The van der Waals surface area contributed by atoms with E-state index in [1.807, 2.05) is 30.3 Å². The summed E-state index contributed by atoms with van der Waals surface area (Å²) in [6.07, 6.45) is 0. The first-order valence-electron chi connectivity index (χ1n) is 6.91. The smallest absolute Gasteiger partial charge is 0.256 e. The van der Waals surface area contributed by atoms with Crippen LogP contribution in [0.25, 0.3) is 5.69 Å². The molecule has 5 heteroatoms. The first-order chi connectivity index (χ1) is 10.7. The summed E-state index contributed by atoms with van der Waals surface area (Å²) in [5.41, 5.74) is 2.26. The maximum absolute atomic E-state index is 12.8. The van der Waals surface area contributed by atoms with Crippen molar-refractivity contribution in [3.63, 3.8) is 0 Å². The van der Waals surface area contributed by atoms with Gasteiger partial charge in [0.15, 0.2) is 5.69 Å². The Kier molecular flexibility index (Phi) is 2.56. The van der Waals surface area contributed by atoms with E-state index in [9.17, 15) is 9.59 Å². The van der Waals surface area contributed by atoms with Crippen LogP contribution in [0, 0.1) is 0 Å². The first-order valence-corrected chi connectivity index (χ1v) is 6.91. The molecule has 0 aliphatic heterocycles. The van der Waals surface area contributed by atoms with E-state index in [2.05, 4.69) is 5.21 Å². The normalized spacial score (nSPS) is 13.0. The van der Waals surface area contributed by atoms with E-state index in [4.69, 9.17) is 0 Å². The highest BCUT2D eigenvalue weighted by Crippen LogP contribution is 2.26. The number of ketones is 2. The zero-order chi connectivity index (χ0) is 15.3. The van der Waals surface area contributed by atoms with Crippen LogP contribution in [0.15, 0.2) is 54.6 Å². The first kappa shape index (κ1) is 12.6. The molecule has 3 aromatic rings. The van der Waals surface area contributed by atoms with Gasteiger partial charge in [0.05, 0.1) is 5.21 Å². The molecule has 0 atom stereocenters. The molecule has 0 amide bonds. The number of carbonyl (C=O) groups is 2. The summed E-state index contributed by atoms with van der Waals surface area (Å²) in [6, 6.07) is 16.2. The van der Waals surface area contributed by atoms with Gasteiger partial charge in [0.1, 0.15) is 7.05 Å². The minimum absolute atomic E-state index is 0.171. The highest BCUT2D eigenvalue weighted by atomic mass is 16.1. The Morgan fingerprint density at radius 3 is 2.14 bits per heavy atom. The van der Waals surface area contributed by atoms with Crippen LogP contribution in [-0.4, -0.2) is 21.5 Å². The molecule has 2 aromatic carbocycles. The Hall–Kier alpha value is -3.08. The average molecular weight is 290 g/mol. The molecule has 1 aliphatic rings. The maximum atomic E-state index is 12.8. The molecular formula is C17H12N3O2+. The van der Waals surface area contributed by atoms with Crippen LogP contribution in [0.1, 0.15) is 32.1 Å². The number of fused-ring (bicyclic) bond motifs is 2. The van der Waals surface area contributed by atoms with Gasteiger partial charge in [0.2, 0.25) is 17.3 Å². The number of para-hydroxylation sites is 1. The monoisotopic (exact) mass is 290 g/mol. The van der Waals surface area contributed by atoms with E-state index < -0.39 is 0 Å². The van der Waals surface area contributed by atoms with Crippen LogP contribution < -0.4 is 4.68 Å². The number of aromatic nitrogens is 3. The lowest BCUT2D eigenvalue weighted by Crippen LogP contribution is -2.39. The van der Waals surface area contributed by atoms with Gasteiger partial charge in [-0.2, -0.15) is 0 Å². The molecule has 0 unspecified atom stereocenters. The van der Waals surface area contributed by atoms with Gasteiger partial charge in [-0.25, -0.2) is 0 Å². The van der Waals surface area contributed by atoms with Gasteiger partial charge in [0, 0.05) is 11.1 Å². The minimum Gasteiger partial charge on any atom is -0.284 e. The number of rotatable bonds is 1. The van der Waals surface area contributed by atoms with Gasteiger partial charge >= 0.3 is 0 Å². The number of hydrogen-bond donors (Lipinski definition) is 0. The van der Waals surface area contributed by atoms with Crippen molar-refractivity contribution in [2.24, 2.45) is 7.05 Å². The molecule has 106 valence electrons. The molecule has 1 heterocycles. The predicted molar refractivity (Wildman–Crippen MR) is 78.0 cm³/mol. The van der Waals surface area contributed by atoms with Crippen LogP contribution >= 0.6 is 0 Å². The third kappa shape index (κ3) is 1.59. The molecule has 0 radical (unpaired) electrons. The Balaban J connectivity index is 2.03. The number of benzene rings is 2. The molecule has 0 saturated carbocycles. The molecular weight excluding hydrogens is 278 g/mol.